The Morgan fingerprint density at radius 2 is 2.28 bits per heavy atom. The summed E-state index contributed by atoms with van der Waals surface area (Å²) in [6.45, 7) is 3.20. The first-order valence-electron chi connectivity index (χ1n) is 5.58. The number of nitrogens with zero attached hydrogens (tertiary/aromatic N) is 1. The van der Waals surface area contributed by atoms with Gasteiger partial charge in [-0.05, 0) is 18.0 Å². The van der Waals surface area contributed by atoms with Crippen molar-refractivity contribution in [3.63, 3.8) is 0 Å². The van der Waals surface area contributed by atoms with Crippen LogP contribution in [0.5, 0.6) is 0 Å². The summed E-state index contributed by atoms with van der Waals surface area (Å²) in [4.78, 5) is 24.6. The lowest BCUT2D eigenvalue weighted by Gasteiger charge is -2.18. The van der Waals surface area contributed by atoms with Crippen LogP contribution >= 0.6 is 11.3 Å². The Labute approximate surface area is 109 Å². The lowest BCUT2D eigenvalue weighted by atomic mass is 10.3. The molecule has 7 heteroatoms. The fourth-order valence-corrected chi connectivity index (χ4v) is 2.27. The Balaban J connectivity index is 2.58. The van der Waals surface area contributed by atoms with Crippen LogP contribution in [0.3, 0.4) is 0 Å². The van der Waals surface area contributed by atoms with Gasteiger partial charge in [0.15, 0.2) is 0 Å². The molecule has 0 aliphatic carbocycles. The number of hydrogen-bond acceptors (Lipinski definition) is 5. The molecule has 0 bridgehead atoms. The van der Waals surface area contributed by atoms with Gasteiger partial charge in [0, 0.05) is 6.54 Å². The maximum atomic E-state index is 11.7. The molecule has 1 aromatic heterocycles. The normalized spacial score (nSPS) is 10.6. The van der Waals surface area contributed by atoms with E-state index in [1.165, 1.54) is 11.3 Å². The maximum absolute atomic E-state index is 11.7. The zero-order valence-electron chi connectivity index (χ0n) is 10.2. The van der Waals surface area contributed by atoms with E-state index >= 15 is 0 Å². The van der Waals surface area contributed by atoms with Gasteiger partial charge in [-0.3, -0.25) is 14.5 Å². The number of anilines is 1. The molecule has 0 unspecified atom stereocenters. The molecule has 0 atom stereocenters. The van der Waals surface area contributed by atoms with Crippen LogP contribution < -0.4 is 11.1 Å². The molecule has 1 rings (SSSR count). The van der Waals surface area contributed by atoms with Crippen LogP contribution in [0.15, 0.2) is 11.4 Å². The van der Waals surface area contributed by atoms with E-state index in [1.807, 2.05) is 6.92 Å². The molecule has 0 aliphatic heterocycles. The van der Waals surface area contributed by atoms with Crippen molar-refractivity contribution in [1.82, 2.24) is 4.90 Å². The van der Waals surface area contributed by atoms with Crippen LogP contribution in [-0.2, 0) is 4.79 Å². The third-order valence-electron chi connectivity index (χ3n) is 2.41. The highest BCUT2D eigenvalue weighted by Crippen LogP contribution is 2.22. The summed E-state index contributed by atoms with van der Waals surface area (Å²) in [5.74, 6) is -0.787. The second kappa shape index (κ2) is 7.10. The van der Waals surface area contributed by atoms with Gasteiger partial charge in [-0.1, -0.05) is 6.92 Å². The van der Waals surface area contributed by atoms with E-state index in [-0.39, 0.29) is 19.1 Å². The zero-order valence-corrected chi connectivity index (χ0v) is 11.0. The number of carbonyl (C=O) groups is 2. The monoisotopic (exact) mass is 271 g/mol. The number of primary amides is 1. The number of aliphatic hydroxyl groups is 1. The van der Waals surface area contributed by atoms with E-state index in [9.17, 15) is 9.59 Å². The van der Waals surface area contributed by atoms with E-state index in [0.717, 1.165) is 0 Å². The molecule has 0 fully saturated rings. The number of nitrogens with two attached hydrogens (primary N) is 1. The molecule has 0 aliphatic rings. The summed E-state index contributed by atoms with van der Waals surface area (Å²) in [5.41, 5.74) is 5.50. The summed E-state index contributed by atoms with van der Waals surface area (Å²) < 4.78 is 0. The topological polar surface area (TPSA) is 95.7 Å². The first kappa shape index (κ1) is 14.6. The molecular formula is C11H17N3O3S. The van der Waals surface area contributed by atoms with Crippen LogP contribution in [0.4, 0.5) is 5.00 Å². The number of carbonyl (C=O) groups excluding carboxylic acids is 2. The number of aliphatic hydroxyl groups excluding tert-OH is 1. The molecule has 6 nitrogen and oxygen atoms in total. The largest absolute Gasteiger partial charge is 0.395 e. The molecule has 0 spiro atoms. The Morgan fingerprint density at radius 1 is 1.56 bits per heavy atom. The summed E-state index contributed by atoms with van der Waals surface area (Å²) in [6, 6.07) is 1.58. The minimum absolute atomic E-state index is 0.00661. The van der Waals surface area contributed by atoms with Crippen LogP contribution in [0, 0.1) is 0 Å². The summed E-state index contributed by atoms with van der Waals surface area (Å²) in [7, 11) is 0. The van der Waals surface area contributed by atoms with Gasteiger partial charge in [0.2, 0.25) is 5.91 Å². The van der Waals surface area contributed by atoms with Crippen LogP contribution in [0.2, 0.25) is 0 Å². The van der Waals surface area contributed by atoms with Gasteiger partial charge < -0.3 is 16.2 Å². The fraction of sp³-hybridized carbons (Fsp3) is 0.455. The van der Waals surface area contributed by atoms with Crippen molar-refractivity contribution in [3.8, 4) is 0 Å². The van der Waals surface area contributed by atoms with Gasteiger partial charge in [-0.25, -0.2) is 0 Å². The summed E-state index contributed by atoms with van der Waals surface area (Å²) >= 11 is 1.25. The third-order valence-corrected chi connectivity index (χ3v) is 3.24. The van der Waals surface area contributed by atoms with Crippen molar-refractivity contribution >= 4 is 28.2 Å². The van der Waals surface area contributed by atoms with Crippen LogP contribution in [-0.4, -0.2) is 48.1 Å². The van der Waals surface area contributed by atoms with Crippen molar-refractivity contribution in [3.05, 3.63) is 17.0 Å². The quantitative estimate of drug-likeness (QED) is 0.655. The Bertz CT molecular complexity index is 419. The first-order valence-corrected chi connectivity index (χ1v) is 6.46. The molecule has 100 valence electrons. The molecule has 18 heavy (non-hydrogen) atoms. The predicted molar refractivity (Wildman–Crippen MR) is 70.7 cm³/mol. The molecule has 0 saturated heterocycles. The number of amides is 2. The molecule has 0 aromatic carbocycles. The first-order chi connectivity index (χ1) is 8.58. The number of likely N-dealkylation sites (N-methyl/N-ethyl adjacent to an activating group) is 1. The van der Waals surface area contributed by atoms with Crippen molar-refractivity contribution in [2.24, 2.45) is 5.73 Å². The highest BCUT2D eigenvalue weighted by atomic mass is 32.1. The zero-order chi connectivity index (χ0) is 13.5. The van der Waals surface area contributed by atoms with Crippen molar-refractivity contribution < 1.29 is 14.7 Å². The molecule has 0 radical (unpaired) electrons. The van der Waals surface area contributed by atoms with Gasteiger partial charge in [-0.15, -0.1) is 11.3 Å². The average molecular weight is 271 g/mol. The van der Waals surface area contributed by atoms with E-state index in [1.54, 1.807) is 16.3 Å². The van der Waals surface area contributed by atoms with Crippen LogP contribution in [0.1, 0.15) is 17.3 Å². The highest BCUT2D eigenvalue weighted by molar-refractivity contribution is 7.14. The van der Waals surface area contributed by atoms with Gasteiger partial charge in [0.1, 0.15) is 5.00 Å². The second-order valence-corrected chi connectivity index (χ2v) is 4.58. The van der Waals surface area contributed by atoms with Gasteiger partial charge in [-0.2, -0.15) is 0 Å². The van der Waals surface area contributed by atoms with Gasteiger partial charge in [0.05, 0.1) is 18.7 Å². The average Bonchev–Trinajstić information content (AvgIpc) is 2.76. The minimum Gasteiger partial charge on any atom is -0.395 e. The number of nitrogens with one attached hydrogen (secondary N) is 1. The predicted octanol–water partition coefficient (Wildman–Crippen LogP) is 0.0997. The number of rotatable bonds is 7. The Hall–Kier alpha value is -1.44. The second-order valence-electron chi connectivity index (χ2n) is 3.67. The van der Waals surface area contributed by atoms with E-state index < -0.39 is 5.91 Å². The van der Waals surface area contributed by atoms with Crippen molar-refractivity contribution in [1.29, 1.82) is 0 Å². The van der Waals surface area contributed by atoms with Crippen molar-refractivity contribution in [2.75, 3.05) is 31.6 Å². The molecule has 2 amide bonds. The Morgan fingerprint density at radius 3 is 2.83 bits per heavy atom. The van der Waals surface area contributed by atoms with Crippen LogP contribution in [0.25, 0.3) is 0 Å². The summed E-state index contributed by atoms with van der Waals surface area (Å²) in [5, 5.41) is 13.6. The molecular weight excluding hydrogens is 254 g/mol. The standard InChI is InChI=1S/C11H17N3O3S/c1-2-14(4-5-15)7-9(16)13-11-8(10(12)17)3-6-18-11/h3,6,15H,2,4-5,7H2,1H3,(H2,12,17)(H,13,16). The molecule has 4 N–H and O–H groups in total. The SMILES string of the molecule is CCN(CCO)CC(=O)Nc1sccc1C(N)=O. The lowest BCUT2D eigenvalue weighted by molar-refractivity contribution is -0.117. The fourth-order valence-electron chi connectivity index (χ4n) is 1.46. The highest BCUT2D eigenvalue weighted by Gasteiger charge is 2.14. The summed E-state index contributed by atoms with van der Waals surface area (Å²) in [6.07, 6.45) is 0. The van der Waals surface area contributed by atoms with Gasteiger partial charge in [0.25, 0.3) is 5.91 Å². The van der Waals surface area contributed by atoms with E-state index in [2.05, 4.69) is 5.32 Å². The number of hydrogen-bond donors (Lipinski definition) is 3. The number of thiophene rings is 1. The smallest absolute Gasteiger partial charge is 0.251 e. The minimum atomic E-state index is -0.561. The van der Waals surface area contributed by atoms with Crippen molar-refractivity contribution in [2.45, 2.75) is 6.92 Å². The third kappa shape index (κ3) is 4.10. The van der Waals surface area contributed by atoms with E-state index in [4.69, 9.17) is 10.8 Å². The maximum Gasteiger partial charge on any atom is 0.251 e. The lowest BCUT2D eigenvalue weighted by Crippen LogP contribution is -2.35. The molecule has 0 saturated carbocycles. The van der Waals surface area contributed by atoms with E-state index in [0.29, 0.717) is 23.7 Å². The van der Waals surface area contributed by atoms with Gasteiger partial charge >= 0.3 is 0 Å². The molecule has 1 heterocycles. The molecule has 1 aromatic rings. The Kier molecular flexibility index (Phi) is 5.76.